The zero-order valence-electron chi connectivity index (χ0n) is 30.2. The number of fused-ring (bicyclic) bond motifs is 3. The van der Waals surface area contributed by atoms with Crippen molar-refractivity contribution in [3.05, 3.63) is 60.4 Å². The van der Waals surface area contributed by atoms with E-state index in [9.17, 15) is 9.18 Å². The molecule has 1 spiro atoms. The first-order valence-electron chi connectivity index (χ1n) is 18.9. The summed E-state index contributed by atoms with van der Waals surface area (Å²) in [4.78, 5) is 36.1. The molecule has 0 bridgehead atoms. The predicted molar refractivity (Wildman–Crippen MR) is 197 cm³/mol. The fourth-order valence-electron chi connectivity index (χ4n) is 9.26. The minimum atomic E-state index is -0.506. The van der Waals surface area contributed by atoms with E-state index in [1.165, 1.54) is 12.6 Å². The Labute approximate surface area is 299 Å². The van der Waals surface area contributed by atoms with Crippen LogP contribution in [0.5, 0.6) is 0 Å². The highest BCUT2D eigenvalue weighted by Crippen LogP contribution is 2.52. The third-order valence-electron chi connectivity index (χ3n) is 12.8. The molecular formula is C40H49FN8O2. The molecule has 4 aliphatic heterocycles. The topological polar surface area (TPSA) is 91.7 Å². The molecule has 0 radical (unpaired) electrons. The SMILES string of the molecule is CC[C@H](C)n1cnc2cc(-c3ccc4c(c3)N([C@H]3C[C@@H](N5CCC(C)(C)C5)C3)C(=O)C43CCN(C4COC4)CC3)nc(Nc3ccncc3F)c21. The summed E-state index contributed by atoms with van der Waals surface area (Å²) in [5.41, 5.74) is 5.61. The van der Waals surface area contributed by atoms with Gasteiger partial charge in [-0.3, -0.25) is 19.6 Å². The lowest BCUT2D eigenvalue weighted by Crippen LogP contribution is -2.59. The van der Waals surface area contributed by atoms with Gasteiger partial charge in [0.1, 0.15) is 5.52 Å². The van der Waals surface area contributed by atoms with Crippen LogP contribution in [0, 0.1) is 11.2 Å². The molecule has 4 fully saturated rings. The number of halogens is 1. The zero-order valence-corrected chi connectivity index (χ0v) is 30.2. The maximum absolute atomic E-state index is 14.9. The minimum Gasteiger partial charge on any atom is -0.378 e. The highest BCUT2D eigenvalue weighted by Gasteiger charge is 2.56. The van der Waals surface area contributed by atoms with Crippen LogP contribution in [-0.4, -0.2) is 92.7 Å². The van der Waals surface area contributed by atoms with E-state index in [1.54, 1.807) is 12.3 Å². The van der Waals surface area contributed by atoms with E-state index in [2.05, 4.69) is 75.5 Å². The second-order valence-corrected chi connectivity index (χ2v) is 16.5. The first-order valence-corrected chi connectivity index (χ1v) is 18.9. The highest BCUT2D eigenvalue weighted by molar-refractivity contribution is 6.09. The van der Waals surface area contributed by atoms with Gasteiger partial charge in [0, 0.05) is 42.1 Å². The fraction of sp³-hybridized carbons (Fsp3) is 0.550. The number of imidazole rings is 1. The van der Waals surface area contributed by atoms with Gasteiger partial charge in [-0.1, -0.05) is 32.9 Å². The zero-order chi connectivity index (χ0) is 35.1. The summed E-state index contributed by atoms with van der Waals surface area (Å²) < 4.78 is 22.5. The van der Waals surface area contributed by atoms with Crippen molar-refractivity contribution >= 4 is 34.1 Å². The summed E-state index contributed by atoms with van der Waals surface area (Å²) in [5.74, 6) is 0.366. The van der Waals surface area contributed by atoms with Crippen molar-refractivity contribution in [3.63, 3.8) is 0 Å². The van der Waals surface area contributed by atoms with Gasteiger partial charge in [0.05, 0.1) is 54.1 Å². The predicted octanol–water partition coefficient (Wildman–Crippen LogP) is 6.69. The Bertz CT molecular complexity index is 1980. The van der Waals surface area contributed by atoms with Crippen LogP contribution < -0.4 is 10.2 Å². The number of piperidine rings is 1. The number of ether oxygens (including phenoxy) is 1. The quantitative estimate of drug-likeness (QED) is 0.219. The van der Waals surface area contributed by atoms with Crippen LogP contribution in [0.15, 0.2) is 49.1 Å². The van der Waals surface area contributed by atoms with E-state index in [0.29, 0.717) is 29.0 Å². The molecule has 3 aromatic heterocycles. The molecule has 51 heavy (non-hydrogen) atoms. The maximum Gasteiger partial charge on any atom is 0.238 e. The van der Waals surface area contributed by atoms with Crippen LogP contribution in [0.4, 0.5) is 21.6 Å². The fourth-order valence-corrected chi connectivity index (χ4v) is 9.26. The average Bonchev–Trinajstić information content (AvgIpc) is 3.74. The van der Waals surface area contributed by atoms with Gasteiger partial charge in [-0.25, -0.2) is 14.4 Å². The minimum absolute atomic E-state index is 0.183. The Morgan fingerprint density at radius 2 is 1.80 bits per heavy atom. The van der Waals surface area contributed by atoms with E-state index < -0.39 is 11.2 Å². The van der Waals surface area contributed by atoms with Crippen molar-refractivity contribution in [1.29, 1.82) is 0 Å². The van der Waals surface area contributed by atoms with Gasteiger partial charge in [-0.15, -0.1) is 0 Å². The number of carbonyl (C=O) groups is 1. The van der Waals surface area contributed by atoms with Gasteiger partial charge in [0.15, 0.2) is 11.6 Å². The van der Waals surface area contributed by atoms with Gasteiger partial charge >= 0.3 is 0 Å². The van der Waals surface area contributed by atoms with Gasteiger partial charge in [-0.05, 0) is 94.3 Å². The van der Waals surface area contributed by atoms with Crippen LogP contribution in [0.25, 0.3) is 22.3 Å². The monoisotopic (exact) mass is 692 g/mol. The third-order valence-corrected chi connectivity index (χ3v) is 12.8. The van der Waals surface area contributed by atoms with Crippen molar-refractivity contribution in [2.24, 2.45) is 5.41 Å². The first-order chi connectivity index (χ1) is 24.6. The molecule has 1 amide bonds. The molecule has 1 N–H and O–H groups in total. The molecule has 9 rings (SSSR count). The molecule has 268 valence electrons. The summed E-state index contributed by atoms with van der Waals surface area (Å²) >= 11 is 0. The normalized spacial score (nSPS) is 25.3. The number of anilines is 3. The van der Waals surface area contributed by atoms with Crippen LogP contribution in [0.1, 0.15) is 77.8 Å². The lowest BCUT2D eigenvalue weighted by molar-refractivity contribution is -0.128. The summed E-state index contributed by atoms with van der Waals surface area (Å²) in [7, 11) is 0. The van der Waals surface area contributed by atoms with Crippen molar-refractivity contribution in [2.45, 2.75) is 95.8 Å². The molecule has 11 heteroatoms. The van der Waals surface area contributed by atoms with E-state index in [-0.39, 0.29) is 18.0 Å². The molecule has 0 unspecified atom stereocenters. The molecule has 5 aliphatic rings. The molecule has 1 saturated carbocycles. The number of hydrogen-bond acceptors (Lipinski definition) is 8. The second-order valence-electron chi connectivity index (χ2n) is 16.5. The smallest absolute Gasteiger partial charge is 0.238 e. The Kier molecular flexibility index (Phi) is 7.97. The Morgan fingerprint density at radius 1 is 1.02 bits per heavy atom. The van der Waals surface area contributed by atoms with Crippen molar-refractivity contribution in [2.75, 3.05) is 49.6 Å². The van der Waals surface area contributed by atoms with E-state index in [0.717, 1.165) is 105 Å². The number of hydrogen-bond donors (Lipinski definition) is 1. The van der Waals surface area contributed by atoms with Crippen LogP contribution in [0.3, 0.4) is 0 Å². The molecule has 1 aliphatic carbocycles. The standard InChI is InChI=1S/C40H49FN8O2/c1-5-25(2)48-24-43-34-19-33(45-37(36(34)48)44-32-8-12-42-20-31(32)41)26-6-7-30-35(16-26)49(28-17-27(18-28)47-13-9-39(3,4)23-47)38(50)40(30)10-14-46(15-11-40)29-21-51-22-29/h6-8,12,16,19-20,24-25,27-29H,5,9-11,13-15,17-18,21-23H2,1-4H3,(H,42,44,45)/t25-,27-,28+/m0/s1. The third kappa shape index (κ3) is 5.46. The van der Waals surface area contributed by atoms with Crippen molar-refractivity contribution in [3.8, 4) is 11.3 Å². The van der Waals surface area contributed by atoms with Crippen molar-refractivity contribution in [1.82, 2.24) is 29.3 Å². The number of nitrogens with zero attached hydrogens (tertiary/aromatic N) is 7. The number of rotatable bonds is 8. The lowest BCUT2D eigenvalue weighted by atomic mass is 9.73. The maximum atomic E-state index is 14.9. The van der Waals surface area contributed by atoms with Gasteiger partial charge in [0.25, 0.3) is 0 Å². The first kappa shape index (κ1) is 32.9. The number of carbonyl (C=O) groups excluding carboxylic acids is 1. The van der Waals surface area contributed by atoms with Crippen LogP contribution >= 0.6 is 0 Å². The number of amides is 1. The number of benzene rings is 1. The van der Waals surface area contributed by atoms with E-state index in [4.69, 9.17) is 14.7 Å². The highest BCUT2D eigenvalue weighted by atomic mass is 19.1. The largest absolute Gasteiger partial charge is 0.378 e. The van der Waals surface area contributed by atoms with Crippen LogP contribution in [-0.2, 0) is 14.9 Å². The molecule has 4 aromatic rings. The van der Waals surface area contributed by atoms with Gasteiger partial charge in [-0.2, -0.15) is 0 Å². The molecule has 3 saturated heterocycles. The van der Waals surface area contributed by atoms with E-state index >= 15 is 0 Å². The number of pyridine rings is 2. The second kappa shape index (κ2) is 12.3. The molecule has 7 heterocycles. The van der Waals surface area contributed by atoms with Gasteiger partial charge < -0.3 is 19.5 Å². The number of likely N-dealkylation sites (tertiary alicyclic amines) is 2. The Morgan fingerprint density at radius 3 is 2.49 bits per heavy atom. The van der Waals surface area contributed by atoms with Gasteiger partial charge in [0.2, 0.25) is 5.91 Å². The number of aromatic nitrogens is 4. The summed E-state index contributed by atoms with van der Waals surface area (Å²) in [5, 5.41) is 3.27. The molecule has 10 nitrogen and oxygen atoms in total. The summed E-state index contributed by atoms with van der Waals surface area (Å²) in [6, 6.07) is 11.5. The molecular weight excluding hydrogens is 643 g/mol. The van der Waals surface area contributed by atoms with E-state index in [1.807, 2.05) is 12.4 Å². The molecule has 1 atom stereocenters. The van der Waals surface area contributed by atoms with Crippen LogP contribution in [0.2, 0.25) is 0 Å². The Balaban J connectivity index is 1.09. The average molecular weight is 693 g/mol. The lowest BCUT2D eigenvalue weighted by Gasteiger charge is -2.47. The summed E-state index contributed by atoms with van der Waals surface area (Å²) in [6.07, 6.45) is 10.4. The summed E-state index contributed by atoms with van der Waals surface area (Å²) in [6.45, 7) is 14.7. The Hall–Kier alpha value is -3.93. The number of nitrogens with one attached hydrogen (secondary N) is 1. The molecule has 1 aromatic carbocycles. The van der Waals surface area contributed by atoms with Crippen molar-refractivity contribution < 1.29 is 13.9 Å².